The van der Waals surface area contributed by atoms with Gasteiger partial charge in [-0.15, -0.1) is 0 Å². The Bertz CT molecular complexity index is 961. The number of benzene rings is 1. The molecular weight excluding hydrogens is 368 g/mol. The zero-order valence-electron chi connectivity index (χ0n) is 17.5. The molecule has 0 saturated carbocycles. The summed E-state index contributed by atoms with van der Waals surface area (Å²) in [5.41, 5.74) is 3.01. The van der Waals surface area contributed by atoms with E-state index in [1.165, 1.54) is 6.07 Å². The van der Waals surface area contributed by atoms with E-state index in [1.807, 2.05) is 58.1 Å². The van der Waals surface area contributed by atoms with Gasteiger partial charge in [-0.25, -0.2) is 4.79 Å². The molecule has 5 nitrogen and oxygen atoms in total. The van der Waals surface area contributed by atoms with Crippen molar-refractivity contribution in [3.63, 3.8) is 0 Å². The van der Waals surface area contributed by atoms with Crippen molar-refractivity contribution in [3.05, 3.63) is 75.7 Å². The molecular formula is C24H30O5. The van der Waals surface area contributed by atoms with Gasteiger partial charge >= 0.3 is 5.63 Å². The number of hydrogen-bond acceptors (Lipinski definition) is 5. The number of ether oxygens (including phenoxy) is 1. The zero-order valence-corrected chi connectivity index (χ0v) is 17.5. The van der Waals surface area contributed by atoms with Gasteiger partial charge in [-0.1, -0.05) is 23.3 Å². The largest absolute Gasteiger partial charge is 0.489 e. The minimum Gasteiger partial charge on any atom is -0.489 e. The topological polar surface area (TPSA) is 79.9 Å². The van der Waals surface area contributed by atoms with Gasteiger partial charge in [-0.05, 0) is 70.4 Å². The molecule has 0 radical (unpaired) electrons. The molecule has 0 spiro atoms. The minimum atomic E-state index is -0.608. The van der Waals surface area contributed by atoms with Crippen LogP contribution in [0.4, 0.5) is 0 Å². The summed E-state index contributed by atoms with van der Waals surface area (Å²) in [6, 6.07) is 8.41. The molecule has 1 aromatic heterocycles. The van der Waals surface area contributed by atoms with Crippen LogP contribution in [0.3, 0.4) is 0 Å². The predicted molar refractivity (Wildman–Crippen MR) is 116 cm³/mol. The van der Waals surface area contributed by atoms with Crippen LogP contribution in [-0.2, 0) is 0 Å². The lowest BCUT2D eigenvalue weighted by atomic mass is 10.0. The summed E-state index contributed by atoms with van der Waals surface area (Å²) in [4.78, 5) is 11.3. The molecule has 0 aliphatic rings. The maximum Gasteiger partial charge on any atom is 0.336 e. The third-order valence-electron chi connectivity index (χ3n) is 4.52. The summed E-state index contributed by atoms with van der Waals surface area (Å²) in [5.74, 6) is 0.592. The van der Waals surface area contributed by atoms with Crippen molar-refractivity contribution in [2.24, 2.45) is 0 Å². The normalized spacial score (nSPS) is 14.6. The average Bonchev–Trinajstić information content (AvgIpc) is 2.64. The molecule has 2 aromatic rings. The van der Waals surface area contributed by atoms with Gasteiger partial charge in [0.25, 0.3) is 0 Å². The highest BCUT2D eigenvalue weighted by Gasteiger charge is 2.07. The molecule has 0 saturated heterocycles. The molecule has 2 unspecified atom stereocenters. The van der Waals surface area contributed by atoms with Crippen LogP contribution in [0.5, 0.6) is 5.75 Å². The Morgan fingerprint density at radius 1 is 1.10 bits per heavy atom. The smallest absolute Gasteiger partial charge is 0.336 e. The van der Waals surface area contributed by atoms with Crippen molar-refractivity contribution in [3.8, 4) is 5.75 Å². The van der Waals surface area contributed by atoms with Gasteiger partial charge in [0.1, 0.15) is 17.9 Å². The van der Waals surface area contributed by atoms with E-state index >= 15 is 0 Å². The Morgan fingerprint density at radius 3 is 2.55 bits per heavy atom. The van der Waals surface area contributed by atoms with Crippen molar-refractivity contribution >= 4 is 11.0 Å². The molecule has 5 heteroatoms. The van der Waals surface area contributed by atoms with Gasteiger partial charge in [-0.2, -0.15) is 0 Å². The summed E-state index contributed by atoms with van der Waals surface area (Å²) in [6.45, 7) is 8.02. The van der Waals surface area contributed by atoms with Crippen LogP contribution in [0.2, 0.25) is 0 Å². The summed E-state index contributed by atoms with van der Waals surface area (Å²) in [7, 11) is 0. The summed E-state index contributed by atoms with van der Waals surface area (Å²) in [6.07, 6.45) is 5.55. The third kappa shape index (κ3) is 7.72. The van der Waals surface area contributed by atoms with Crippen LogP contribution in [0, 0.1) is 0 Å². The van der Waals surface area contributed by atoms with Crippen molar-refractivity contribution in [2.75, 3.05) is 6.61 Å². The number of rotatable bonds is 9. The summed E-state index contributed by atoms with van der Waals surface area (Å²) < 4.78 is 10.8. The molecule has 0 aliphatic heterocycles. The molecule has 2 N–H and O–H groups in total. The van der Waals surface area contributed by atoms with Crippen LogP contribution in [-0.4, -0.2) is 29.0 Å². The molecule has 1 aromatic carbocycles. The Labute approximate surface area is 171 Å². The van der Waals surface area contributed by atoms with Gasteiger partial charge in [0.2, 0.25) is 0 Å². The summed E-state index contributed by atoms with van der Waals surface area (Å²) in [5, 5.41) is 21.1. The van der Waals surface area contributed by atoms with Crippen LogP contribution in [0.1, 0.15) is 40.5 Å². The van der Waals surface area contributed by atoms with E-state index in [9.17, 15) is 15.0 Å². The molecule has 0 aliphatic carbocycles. The molecule has 156 valence electrons. The summed E-state index contributed by atoms with van der Waals surface area (Å²) >= 11 is 0. The quantitative estimate of drug-likeness (QED) is 0.479. The minimum absolute atomic E-state index is 0.299. The fourth-order valence-electron chi connectivity index (χ4n) is 2.89. The lowest BCUT2D eigenvalue weighted by molar-refractivity contribution is 0.210. The van der Waals surface area contributed by atoms with Crippen molar-refractivity contribution in [2.45, 2.75) is 52.7 Å². The predicted octanol–water partition coefficient (Wildman–Crippen LogP) is 4.53. The molecule has 2 atom stereocenters. The molecule has 0 bridgehead atoms. The van der Waals surface area contributed by atoms with Gasteiger partial charge < -0.3 is 19.4 Å². The number of aliphatic hydroxyl groups is 2. The fraction of sp³-hybridized carbons (Fsp3) is 0.375. The second-order valence-corrected chi connectivity index (χ2v) is 7.53. The standard InChI is InChI=1S/C24H30O5/c1-16(2)13-20(25)14-17(3)5-9-22(26)18(4)11-12-28-21-8-6-19-7-10-24(27)29-23(19)15-21/h5-8,10-11,13,15,20,22,25-26H,9,12,14H2,1-4H3. The van der Waals surface area contributed by atoms with Gasteiger partial charge in [0.05, 0.1) is 12.2 Å². The maximum absolute atomic E-state index is 11.3. The first-order valence-electron chi connectivity index (χ1n) is 9.74. The number of aliphatic hydroxyl groups excluding tert-OH is 2. The fourth-order valence-corrected chi connectivity index (χ4v) is 2.89. The first kappa shape index (κ1) is 22.7. The first-order chi connectivity index (χ1) is 13.7. The Morgan fingerprint density at radius 2 is 1.83 bits per heavy atom. The molecule has 0 fully saturated rings. The number of hydrogen-bond donors (Lipinski definition) is 2. The molecule has 0 amide bonds. The van der Waals surface area contributed by atoms with Crippen LogP contribution in [0.15, 0.2) is 74.5 Å². The number of allylic oxidation sites excluding steroid dienone is 1. The van der Waals surface area contributed by atoms with Crippen molar-refractivity contribution in [1.29, 1.82) is 0 Å². The maximum atomic E-state index is 11.3. The lowest BCUT2D eigenvalue weighted by Crippen LogP contribution is -2.09. The Balaban J connectivity index is 1.88. The van der Waals surface area contributed by atoms with E-state index < -0.39 is 17.8 Å². The zero-order chi connectivity index (χ0) is 21.4. The van der Waals surface area contributed by atoms with Crippen LogP contribution >= 0.6 is 0 Å². The van der Waals surface area contributed by atoms with E-state index in [4.69, 9.17) is 9.15 Å². The van der Waals surface area contributed by atoms with E-state index in [-0.39, 0.29) is 0 Å². The first-order valence-corrected chi connectivity index (χ1v) is 9.74. The van der Waals surface area contributed by atoms with Crippen LogP contribution < -0.4 is 10.4 Å². The number of fused-ring (bicyclic) bond motifs is 1. The Kier molecular flexibility index (Phi) is 8.43. The van der Waals surface area contributed by atoms with Crippen molar-refractivity contribution < 1.29 is 19.4 Å². The van der Waals surface area contributed by atoms with E-state index in [0.29, 0.717) is 30.8 Å². The second-order valence-electron chi connectivity index (χ2n) is 7.53. The third-order valence-corrected chi connectivity index (χ3v) is 4.52. The highest BCUT2D eigenvalue weighted by atomic mass is 16.5. The highest BCUT2D eigenvalue weighted by molar-refractivity contribution is 5.77. The second kappa shape index (κ2) is 10.8. The van der Waals surface area contributed by atoms with Gasteiger partial charge in [0, 0.05) is 17.5 Å². The lowest BCUT2D eigenvalue weighted by Gasteiger charge is -2.12. The molecule has 1 heterocycles. The van der Waals surface area contributed by atoms with E-state index in [0.717, 1.165) is 22.1 Å². The monoisotopic (exact) mass is 398 g/mol. The van der Waals surface area contributed by atoms with Gasteiger partial charge in [-0.3, -0.25) is 0 Å². The average molecular weight is 398 g/mol. The molecule has 2 rings (SSSR count). The van der Waals surface area contributed by atoms with Crippen molar-refractivity contribution in [1.82, 2.24) is 0 Å². The van der Waals surface area contributed by atoms with Gasteiger partial charge in [0.15, 0.2) is 0 Å². The Hall–Kier alpha value is -2.63. The SMILES string of the molecule is CC(C)=CC(O)CC(C)=CCC(O)C(C)=CCOc1ccc2ccc(=O)oc2c1. The molecule has 29 heavy (non-hydrogen) atoms. The highest BCUT2D eigenvalue weighted by Crippen LogP contribution is 2.20. The van der Waals surface area contributed by atoms with Crippen LogP contribution in [0.25, 0.3) is 11.0 Å². The van der Waals surface area contributed by atoms with E-state index in [1.54, 1.807) is 12.1 Å². The van der Waals surface area contributed by atoms with E-state index in [2.05, 4.69) is 0 Å².